The van der Waals surface area contributed by atoms with Crippen molar-refractivity contribution in [2.24, 2.45) is 5.73 Å². The normalized spacial score (nSPS) is 11.3. The fourth-order valence-corrected chi connectivity index (χ4v) is 1.07. The Hall–Kier alpha value is -1.56. The Balaban J connectivity index is 2.73. The van der Waals surface area contributed by atoms with Crippen LogP contribution in [0.1, 0.15) is 18.5 Å². The van der Waals surface area contributed by atoms with Crippen molar-refractivity contribution in [2.45, 2.75) is 13.0 Å². The molecule has 1 nitrogen and oxygen atoms in total. The second kappa shape index (κ2) is 5.23. The molecular weight excluding hydrogens is 170 g/mol. The third-order valence-corrected chi connectivity index (χ3v) is 1.79. The van der Waals surface area contributed by atoms with Crippen LogP contribution in [0.4, 0.5) is 0 Å². The highest BCUT2D eigenvalue weighted by Gasteiger charge is 1.97. The van der Waals surface area contributed by atoms with Gasteiger partial charge >= 0.3 is 0 Å². The van der Waals surface area contributed by atoms with Crippen molar-refractivity contribution in [1.29, 1.82) is 0 Å². The van der Waals surface area contributed by atoms with Gasteiger partial charge in [0.2, 0.25) is 0 Å². The first-order valence-corrected chi connectivity index (χ1v) is 4.59. The van der Waals surface area contributed by atoms with Crippen molar-refractivity contribution in [3.63, 3.8) is 0 Å². The van der Waals surface area contributed by atoms with Crippen LogP contribution in [-0.2, 0) is 0 Å². The molecule has 1 aromatic rings. The summed E-state index contributed by atoms with van der Waals surface area (Å²) < 4.78 is 0. The van der Waals surface area contributed by atoms with E-state index in [1.54, 1.807) is 0 Å². The lowest BCUT2D eigenvalue weighted by atomic mass is 10.1. The van der Waals surface area contributed by atoms with Crippen LogP contribution in [-0.4, -0.2) is 0 Å². The smallest absolute Gasteiger partial charge is 0.0556 e. The molecule has 0 aliphatic carbocycles. The van der Waals surface area contributed by atoms with Crippen LogP contribution < -0.4 is 5.73 Å². The van der Waals surface area contributed by atoms with Gasteiger partial charge in [-0.2, -0.15) is 0 Å². The van der Waals surface area contributed by atoms with E-state index in [9.17, 15) is 0 Å². The maximum atomic E-state index is 5.91. The van der Waals surface area contributed by atoms with Gasteiger partial charge in [-0.3, -0.25) is 0 Å². The van der Waals surface area contributed by atoms with Crippen LogP contribution in [0.3, 0.4) is 0 Å². The van der Waals surface area contributed by atoms with Crippen molar-refractivity contribution in [3.8, 4) is 0 Å². The lowest BCUT2D eigenvalue weighted by molar-refractivity contribution is 0.913. The molecule has 0 spiro atoms. The van der Waals surface area contributed by atoms with Gasteiger partial charge in [0.15, 0.2) is 0 Å². The molecule has 0 heterocycles. The summed E-state index contributed by atoms with van der Waals surface area (Å²) in [5, 5.41) is 0. The van der Waals surface area contributed by atoms with Crippen molar-refractivity contribution < 1.29 is 0 Å². The summed E-state index contributed by atoms with van der Waals surface area (Å²) in [5.41, 5.74) is 11.0. The Morgan fingerprint density at radius 2 is 2.07 bits per heavy atom. The van der Waals surface area contributed by atoms with E-state index in [0.29, 0.717) is 0 Å². The van der Waals surface area contributed by atoms with Crippen molar-refractivity contribution in [2.75, 3.05) is 0 Å². The molecule has 1 aromatic carbocycles. The molecule has 1 atom stereocenters. The van der Waals surface area contributed by atoms with E-state index in [0.717, 1.165) is 11.1 Å². The Morgan fingerprint density at radius 1 is 1.43 bits per heavy atom. The SMILES string of the molecule is C=C(C)C=C=CC(N)c1ccccc1. The van der Waals surface area contributed by atoms with Gasteiger partial charge in [0, 0.05) is 0 Å². The van der Waals surface area contributed by atoms with Gasteiger partial charge in [0.25, 0.3) is 0 Å². The second-order valence-corrected chi connectivity index (χ2v) is 3.26. The topological polar surface area (TPSA) is 26.0 Å². The molecule has 14 heavy (non-hydrogen) atoms. The molecule has 0 aromatic heterocycles. The summed E-state index contributed by atoms with van der Waals surface area (Å²) in [5.74, 6) is 0. The fourth-order valence-electron chi connectivity index (χ4n) is 1.07. The number of nitrogens with two attached hydrogens (primary N) is 1. The van der Waals surface area contributed by atoms with Crippen LogP contribution in [0.5, 0.6) is 0 Å². The first-order valence-electron chi connectivity index (χ1n) is 4.59. The predicted octanol–water partition coefficient (Wildman–Crippen LogP) is 2.97. The average Bonchev–Trinajstić information content (AvgIpc) is 2.18. The molecule has 72 valence electrons. The van der Waals surface area contributed by atoms with Crippen molar-refractivity contribution in [3.05, 3.63) is 65.9 Å². The van der Waals surface area contributed by atoms with Crippen LogP contribution in [0, 0.1) is 0 Å². The number of benzene rings is 1. The molecule has 0 aliphatic rings. The summed E-state index contributed by atoms with van der Waals surface area (Å²) in [6, 6.07) is 9.85. The highest BCUT2D eigenvalue weighted by Crippen LogP contribution is 2.09. The van der Waals surface area contributed by atoms with Crippen LogP contribution in [0.15, 0.2) is 60.4 Å². The maximum absolute atomic E-state index is 5.91. The minimum Gasteiger partial charge on any atom is -0.320 e. The number of hydrogen-bond donors (Lipinski definition) is 1. The zero-order chi connectivity index (χ0) is 10.4. The molecule has 0 radical (unpaired) electrons. The molecule has 0 bridgehead atoms. The largest absolute Gasteiger partial charge is 0.320 e. The Bertz CT molecular complexity index is 356. The van der Waals surface area contributed by atoms with Gasteiger partial charge in [0.05, 0.1) is 6.04 Å². The summed E-state index contributed by atoms with van der Waals surface area (Å²) in [6.45, 7) is 5.67. The van der Waals surface area contributed by atoms with E-state index in [1.807, 2.05) is 49.4 Å². The van der Waals surface area contributed by atoms with Gasteiger partial charge < -0.3 is 5.73 Å². The number of allylic oxidation sites excluding steroid dienone is 1. The maximum Gasteiger partial charge on any atom is 0.0556 e. The molecule has 1 unspecified atom stereocenters. The van der Waals surface area contributed by atoms with Gasteiger partial charge in [-0.15, -0.1) is 5.73 Å². The molecule has 0 aliphatic heterocycles. The Labute approximate surface area is 85.3 Å². The summed E-state index contributed by atoms with van der Waals surface area (Å²) >= 11 is 0. The first-order chi connectivity index (χ1) is 6.70. The quantitative estimate of drug-likeness (QED) is 0.568. The Morgan fingerprint density at radius 3 is 2.64 bits per heavy atom. The first kappa shape index (κ1) is 10.5. The minimum atomic E-state index is -0.0909. The third kappa shape index (κ3) is 3.44. The minimum absolute atomic E-state index is 0.0909. The molecule has 0 amide bonds. The van der Waals surface area contributed by atoms with E-state index in [-0.39, 0.29) is 6.04 Å². The monoisotopic (exact) mass is 185 g/mol. The molecule has 2 N–H and O–H groups in total. The van der Waals surface area contributed by atoms with Gasteiger partial charge in [-0.05, 0) is 24.6 Å². The van der Waals surface area contributed by atoms with Crippen molar-refractivity contribution >= 4 is 0 Å². The highest BCUT2D eigenvalue weighted by atomic mass is 14.6. The summed E-state index contributed by atoms with van der Waals surface area (Å²) in [4.78, 5) is 0. The molecule has 0 fully saturated rings. The van der Waals surface area contributed by atoms with Gasteiger partial charge in [-0.1, -0.05) is 42.5 Å². The van der Waals surface area contributed by atoms with E-state index in [2.05, 4.69) is 12.3 Å². The summed E-state index contributed by atoms with van der Waals surface area (Å²) in [7, 11) is 0. The lowest BCUT2D eigenvalue weighted by Gasteiger charge is -2.03. The molecule has 0 saturated heterocycles. The van der Waals surface area contributed by atoms with Gasteiger partial charge in [-0.25, -0.2) is 0 Å². The van der Waals surface area contributed by atoms with Crippen LogP contribution in [0.25, 0.3) is 0 Å². The van der Waals surface area contributed by atoms with Crippen molar-refractivity contribution in [1.82, 2.24) is 0 Å². The molecule has 1 rings (SSSR count). The van der Waals surface area contributed by atoms with Crippen LogP contribution in [0.2, 0.25) is 0 Å². The van der Waals surface area contributed by atoms with E-state index < -0.39 is 0 Å². The molecular formula is C13H15N. The zero-order valence-electron chi connectivity index (χ0n) is 8.40. The summed E-state index contributed by atoms with van der Waals surface area (Å²) in [6.07, 6.45) is 3.66. The van der Waals surface area contributed by atoms with E-state index in [1.165, 1.54) is 0 Å². The Kier molecular flexibility index (Phi) is 3.93. The van der Waals surface area contributed by atoms with E-state index >= 15 is 0 Å². The highest BCUT2D eigenvalue weighted by molar-refractivity contribution is 5.23. The lowest BCUT2D eigenvalue weighted by Crippen LogP contribution is -2.05. The average molecular weight is 185 g/mol. The standard InChI is InChI=1S/C13H15N/c1-11(2)7-6-10-13(14)12-8-4-3-5-9-12/h3-5,7-10,13H,1,14H2,2H3. The van der Waals surface area contributed by atoms with Crippen LogP contribution >= 0.6 is 0 Å². The second-order valence-electron chi connectivity index (χ2n) is 3.26. The predicted molar refractivity (Wildman–Crippen MR) is 60.8 cm³/mol. The van der Waals surface area contributed by atoms with E-state index in [4.69, 9.17) is 5.73 Å². The van der Waals surface area contributed by atoms with Gasteiger partial charge in [0.1, 0.15) is 0 Å². The number of hydrogen-bond acceptors (Lipinski definition) is 1. The molecule has 1 heteroatoms. The number of rotatable bonds is 3. The third-order valence-electron chi connectivity index (χ3n) is 1.79. The fraction of sp³-hybridized carbons (Fsp3) is 0.154. The zero-order valence-corrected chi connectivity index (χ0v) is 8.40. The molecule has 0 saturated carbocycles.